The number of amides is 1. The van der Waals surface area contributed by atoms with E-state index in [4.69, 9.17) is 9.47 Å². The van der Waals surface area contributed by atoms with Crippen molar-refractivity contribution in [3.05, 3.63) is 58.7 Å². The van der Waals surface area contributed by atoms with Crippen LogP contribution < -0.4 is 5.32 Å². The maximum atomic E-state index is 13.6. The maximum Gasteiger partial charge on any atom is 0.349 e. The Balaban J connectivity index is 2.09. The van der Waals surface area contributed by atoms with Crippen molar-refractivity contribution in [1.29, 1.82) is 5.26 Å². The molecule has 1 amide bonds. The Bertz CT molecular complexity index is 1000. The van der Waals surface area contributed by atoms with Crippen LogP contribution in [0.25, 0.3) is 6.08 Å². The van der Waals surface area contributed by atoms with Gasteiger partial charge >= 0.3 is 5.97 Å². The first-order valence-corrected chi connectivity index (χ1v) is 9.29. The van der Waals surface area contributed by atoms with Gasteiger partial charge in [-0.2, -0.15) is 5.26 Å². The van der Waals surface area contributed by atoms with Gasteiger partial charge in [0.05, 0.1) is 18.3 Å². The molecule has 0 saturated carbocycles. The van der Waals surface area contributed by atoms with Crippen molar-refractivity contribution >= 4 is 23.6 Å². The van der Waals surface area contributed by atoms with Crippen molar-refractivity contribution in [3.8, 4) is 6.07 Å². The molecule has 0 radical (unpaired) electrons. The van der Waals surface area contributed by atoms with Gasteiger partial charge < -0.3 is 19.4 Å². The van der Waals surface area contributed by atoms with Gasteiger partial charge in [0.15, 0.2) is 6.61 Å². The van der Waals surface area contributed by atoms with E-state index in [1.54, 1.807) is 19.2 Å². The van der Waals surface area contributed by atoms with Crippen LogP contribution in [0.1, 0.15) is 29.9 Å². The fraction of sp³-hybridized carbons (Fsp3) is 0.318. The molecule has 1 heterocycles. The number of para-hydroxylation sites is 1. The summed E-state index contributed by atoms with van der Waals surface area (Å²) < 4.78 is 25.7. The van der Waals surface area contributed by atoms with Gasteiger partial charge in [-0.05, 0) is 50.6 Å². The van der Waals surface area contributed by atoms with Crippen LogP contribution in [-0.2, 0) is 19.1 Å². The van der Waals surface area contributed by atoms with Crippen LogP contribution in [0.3, 0.4) is 0 Å². The number of aromatic nitrogens is 1. The molecule has 0 aliphatic heterocycles. The molecule has 0 unspecified atom stereocenters. The van der Waals surface area contributed by atoms with Crippen LogP contribution in [0.4, 0.5) is 10.1 Å². The third-order valence-corrected chi connectivity index (χ3v) is 4.49. The molecule has 0 spiro atoms. The average Bonchev–Trinajstić information content (AvgIpc) is 2.99. The van der Waals surface area contributed by atoms with Gasteiger partial charge in [-0.1, -0.05) is 12.1 Å². The number of benzene rings is 1. The van der Waals surface area contributed by atoms with Gasteiger partial charge in [0.2, 0.25) is 0 Å². The number of hydrogen-bond donors (Lipinski definition) is 1. The molecular weight excluding hydrogens is 389 g/mol. The topological polar surface area (TPSA) is 93.3 Å². The van der Waals surface area contributed by atoms with E-state index in [9.17, 15) is 19.2 Å². The van der Waals surface area contributed by atoms with Crippen molar-refractivity contribution in [3.63, 3.8) is 0 Å². The molecule has 0 fully saturated rings. The third-order valence-electron chi connectivity index (χ3n) is 4.49. The van der Waals surface area contributed by atoms with Gasteiger partial charge in [-0.3, -0.25) is 4.79 Å². The van der Waals surface area contributed by atoms with E-state index in [0.717, 1.165) is 11.4 Å². The number of carbonyl (C=O) groups is 2. The first kappa shape index (κ1) is 22.8. The highest BCUT2D eigenvalue weighted by molar-refractivity contribution is 6.00. The Labute approximate surface area is 174 Å². The molecule has 0 saturated heterocycles. The van der Waals surface area contributed by atoms with E-state index >= 15 is 0 Å². The fourth-order valence-corrected chi connectivity index (χ4v) is 3.19. The predicted molar refractivity (Wildman–Crippen MR) is 110 cm³/mol. The Morgan fingerprint density at radius 1 is 1.33 bits per heavy atom. The molecule has 1 aromatic heterocycles. The molecule has 158 valence electrons. The Morgan fingerprint density at radius 2 is 2.03 bits per heavy atom. The summed E-state index contributed by atoms with van der Waals surface area (Å²) in [6.07, 6.45) is 1.43. The molecule has 0 aliphatic carbocycles. The van der Waals surface area contributed by atoms with Crippen molar-refractivity contribution in [2.24, 2.45) is 0 Å². The SMILES string of the molecule is COC[C@@H](C)n1c(C)cc(/C=C(\C#N)C(=O)OCC(=O)Nc2ccccc2F)c1C. The lowest BCUT2D eigenvalue weighted by molar-refractivity contribution is -0.142. The number of methoxy groups -OCH3 is 1. The van der Waals surface area contributed by atoms with E-state index in [-0.39, 0.29) is 17.3 Å². The second kappa shape index (κ2) is 10.4. The standard InChI is InChI=1S/C22H24FN3O4/c1-14-9-17(16(3)26(14)15(2)12-29-4)10-18(11-24)22(28)30-13-21(27)25-20-8-6-5-7-19(20)23/h5-10,15H,12-13H2,1-4H3,(H,25,27)/b18-10+/t15-/m1/s1. The summed E-state index contributed by atoms with van der Waals surface area (Å²) in [6.45, 7) is 5.69. The molecule has 0 bridgehead atoms. The van der Waals surface area contributed by atoms with Crippen LogP contribution in [0, 0.1) is 31.0 Å². The quantitative estimate of drug-likeness (QED) is 0.406. The largest absolute Gasteiger partial charge is 0.451 e. The summed E-state index contributed by atoms with van der Waals surface area (Å²) in [6, 6.07) is 9.37. The van der Waals surface area contributed by atoms with E-state index in [1.807, 2.05) is 26.8 Å². The number of ether oxygens (including phenoxy) is 2. The molecule has 30 heavy (non-hydrogen) atoms. The lowest BCUT2D eigenvalue weighted by Gasteiger charge is -2.17. The minimum absolute atomic E-state index is 0.0211. The summed E-state index contributed by atoms with van der Waals surface area (Å²) >= 11 is 0. The number of carbonyl (C=O) groups excluding carboxylic acids is 2. The van der Waals surface area contributed by atoms with Gasteiger partial charge in [0.25, 0.3) is 5.91 Å². The number of nitrogens with one attached hydrogen (secondary N) is 1. The Kier molecular flexibility index (Phi) is 7.90. The molecule has 1 N–H and O–H groups in total. The maximum absolute atomic E-state index is 13.6. The summed E-state index contributed by atoms with van der Waals surface area (Å²) in [7, 11) is 1.62. The summed E-state index contributed by atoms with van der Waals surface area (Å²) in [5.41, 5.74) is 2.26. The van der Waals surface area contributed by atoms with Crippen molar-refractivity contribution in [2.75, 3.05) is 25.6 Å². The second-order valence-electron chi connectivity index (χ2n) is 6.77. The molecule has 7 nitrogen and oxygen atoms in total. The van der Waals surface area contributed by atoms with Crippen molar-refractivity contribution in [2.45, 2.75) is 26.8 Å². The number of rotatable bonds is 8. The highest BCUT2D eigenvalue weighted by atomic mass is 19.1. The number of hydrogen-bond acceptors (Lipinski definition) is 5. The first-order valence-electron chi connectivity index (χ1n) is 9.29. The summed E-state index contributed by atoms with van der Waals surface area (Å²) in [5, 5.41) is 11.7. The van der Waals surface area contributed by atoms with E-state index in [1.165, 1.54) is 24.3 Å². The number of nitrogens with zero attached hydrogens (tertiary/aromatic N) is 2. The lowest BCUT2D eigenvalue weighted by atomic mass is 10.1. The number of anilines is 1. The van der Waals surface area contributed by atoms with Gasteiger partial charge in [0.1, 0.15) is 17.5 Å². The van der Waals surface area contributed by atoms with Crippen LogP contribution >= 0.6 is 0 Å². The van der Waals surface area contributed by atoms with Crippen molar-refractivity contribution in [1.82, 2.24) is 4.57 Å². The van der Waals surface area contributed by atoms with E-state index in [0.29, 0.717) is 12.2 Å². The summed E-state index contributed by atoms with van der Waals surface area (Å²) in [5.74, 6) is -2.25. The monoisotopic (exact) mass is 413 g/mol. The number of aryl methyl sites for hydroxylation is 1. The third kappa shape index (κ3) is 5.55. The zero-order valence-corrected chi connectivity index (χ0v) is 17.4. The van der Waals surface area contributed by atoms with Crippen LogP contribution in [0.5, 0.6) is 0 Å². The second-order valence-corrected chi connectivity index (χ2v) is 6.77. The minimum atomic E-state index is -0.934. The average molecular weight is 413 g/mol. The first-order chi connectivity index (χ1) is 14.3. The van der Waals surface area contributed by atoms with Gasteiger partial charge in [-0.25, -0.2) is 9.18 Å². The number of nitriles is 1. The fourth-order valence-electron chi connectivity index (χ4n) is 3.19. The molecule has 8 heteroatoms. The smallest absolute Gasteiger partial charge is 0.349 e. The van der Waals surface area contributed by atoms with Crippen molar-refractivity contribution < 1.29 is 23.5 Å². The molecule has 2 aromatic rings. The lowest BCUT2D eigenvalue weighted by Crippen LogP contribution is -2.21. The number of esters is 1. The van der Waals surface area contributed by atoms with Crippen LogP contribution in [0.2, 0.25) is 0 Å². The normalized spacial score (nSPS) is 12.2. The molecule has 2 rings (SSSR count). The highest BCUT2D eigenvalue weighted by Crippen LogP contribution is 2.23. The Morgan fingerprint density at radius 3 is 2.67 bits per heavy atom. The predicted octanol–water partition coefficient (Wildman–Crippen LogP) is 3.54. The molecular formula is C22H24FN3O4. The van der Waals surface area contributed by atoms with Gasteiger partial charge in [-0.15, -0.1) is 0 Å². The van der Waals surface area contributed by atoms with Crippen LogP contribution in [0.15, 0.2) is 35.9 Å². The Hall–Kier alpha value is -3.44. The zero-order valence-electron chi connectivity index (χ0n) is 17.4. The highest BCUT2D eigenvalue weighted by Gasteiger charge is 2.17. The molecule has 1 atom stereocenters. The van der Waals surface area contributed by atoms with E-state index < -0.39 is 24.3 Å². The summed E-state index contributed by atoms with van der Waals surface area (Å²) in [4.78, 5) is 24.2. The molecule has 1 aromatic carbocycles. The van der Waals surface area contributed by atoms with E-state index in [2.05, 4.69) is 9.88 Å². The van der Waals surface area contributed by atoms with Gasteiger partial charge in [0, 0.05) is 18.5 Å². The number of halogens is 1. The zero-order chi connectivity index (χ0) is 22.3. The minimum Gasteiger partial charge on any atom is -0.451 e. The van der Waals surface area contributed by atoms with Crippen LogP contribution in [-0.4, -0.2) is 36.8 Å². The molecule has 0 aliphatic rings.